The van der Waals surface area contributed by atoms with Crippen molar-refractivity contribution in [2.75, 3.05) is 18.7 Å². The molecule has 1 aliphatic heterocycles. The molecule has 1 aliphatic rings. The maximum Gasteiger partial charge on any atom is 0.279 e. The monoisotopic (exact) mass is 460 g/mol. The van der Waals surface area contributed by atoms with Gasteiger partial charge < -0.3 is 15.8 Å². The molecule has 2 aromatic heterocycles. The van der Waals surface area contributed by atoms with Crippen LogP contribution in [0.1, 0.15) is 62.1 Å². The number of anilines is 1. The molecule has 170 valence electrons. The van der Waals surface area contributed by atoms with Crippen LogP contribution in [0.25, 0.3) is 11.1 Å². The van der Waals surface area contributed by atoms with Gasteiger partial charge in [-0.15, -0.1) is 0 Å². The highest BCUT2D eigenvalue weighted by molar-refractivity contribution is 5.66. The highest BCUT2D eigenvalue weighted by atomic mass is 19.3. The maximum atomic E-state index is 14.9. The summed E-state index contributed by atoms with van der Waals surface area (Å²) in [6, 6.07) is -0.325. The van der Waals surface area contributed by atoms with Gasteiger partial charge in [0, 0.05) is 48.3 Å². The molecule has 3 heterocycles. The Morgan fingerprint density at radius 1 is 1.28 bits per heavy atom. The molecular formula is C23H26F3N5O. The minimum absolute atomic E-state index is 0.0710. The second kappa shape index (κ2) is 9.20. The topological polar surface area (TPSA) is 78.0 Å². The normalized spacial score (nSPS) is 30.8. The first kappa shape index (κ1) is 10.2. The van der Waals surface area contributed by atoms with Crippen molar-refractivity contribution in [3.8, 4) is 16.9 Å². The summed E-state index contributed by atoms with van der Waals surface area (Å²) in [4.78, 5) is 3.79. The van der Waals surface area contributed by atoms with Gasteiger partial charge in [-0.25, -0.2) is 18.2 Å². The SMILES string of the molecule is [2H]C([2H])([2H])c1ccc(F)c(C([2H])([2H])[2H])c1C([2H])(Oc1cc(-c2cnn(C3C([2H])([2H])C([2H])([2H])NC([2H])([2H])C3([2H])[2H])c2)cnc1N)C(F)F. The number of aromatic nitrogens is 3. The van der Waals surface area contributed by atoms with Gasteiger partial charge in [0.2, 0.25) is 0 Å². The van der Waals surface area contributed by atoms with Crippen LogP contribution in [0.15, 0.2) is 36.8 Å². The molecule has 0 aliphatic carbocycles. The Hall–Kier alpha value is -3.07. The number of benzene rings is 1. The molecular weight excluding hydrogens is 419 g/mol. The Morgan fingerprint density at radius 2 is 2.09 bits per heavy atom. The van der Waals surface area contributed by atoms with Crippen LogP contribution in [0.4, 0.5) is 19.0 Å². The second-order valence-electron chi connectivity index (χ2n) is 6.49. The van der Waals surface area contributed by atoms with E-state index in [1.165, 1.54) is 0 Å². The average Bonchev–Trinajstić information content (AvgIpc) is 3.35. The van der Waals surface area contributed by atoms with Crippen LogP contribution in [0.5, 0.6) is 5.75 Å². The molecule has 6 nitrogen and oxygen atoms in total. The molecule has 3 aromatic rings. The number of nitrogens with zero attached hydrogens (tertiary/aromatic N) is 3. The van der Waals surface area contributed by atoms with Gasteiger partial charge in [-0.05, 0) is 62.7 Å². The maximum absolute atomic E-state index is 14.9. The molecule has 4 rings (SSSR count). The summed E-state index contributed by atoms with van der Waals surface area (Å²) in [5.74, 6) is -3.09. The van der Waals surface area contributed by atoms with Gasteiger partial charge in [0.15, 0.2) is 17.6 Å². The number of halogens is 3. The molecule has 3 N–H and O–H groups in total. The fraction of sp³-hybridized carbons (Fsp3) is 0.391. The Morgan fingerprint density at radius 3 is 2.81 bits per heavy atom. The van der Waals surface area contributed by atoms with Gasteiger partial charge in [-0.1, -0.05) is 6.07 Å². The zero-order chi connectivity index (χ0) is 35.9. The molecule has 9 heteroatoms. The van der Waals surface area contributed by atoms with E-state index in [1.54, 1.807) is 5.32 Å². The predicted molar refractivity (Wildman–Crippen MR) is 116 cm³/mol. The number of piperidine rings is 1. The van der Waals surface area contributed by atoms with Gasteiger partial charge in [0.25, 0.3) is 6.43 Å². The summed E-state index contributed by atoms with van der Waals surface area (Å²) < 4.78 is 170. The first-order chi connectivity index (χ1) is 21.1. The van der Waals surface area contributed by atoms with E-state index in [9.17, 15) is 13.2 Å². The van der Waals surface area contributed by atoms with Crippen LogP contribution in [-0.4, -0.2) is 34.2 Å². The lowest BCUT2D eigenvalue weighted by Gasteiger charge is -2.23. The van der Waals surface area contributed by atoms with Crippen molar-refractivity contribution in [2.24, 2.45) is 0 Å². The third kappa shape index (κ3) is 4.43. The largest absolute Gasteiger partial charge is 0.476 e. The number of hydrogen-bond acceptors (Lipinski definition) is 5. The number of nitrogens with one attached hydrogen (secondary N) is 1. The van der Waals surface area contributed by atoms with Crippen molar-refractivity contribution >= 4 is 5.82 Å². The average molecular weight is 461 g/mol. The number of nitrogens with two attached hydrogens (primary N) is 1. The highest BCUT2D eigenvalue weighted by Gasteiger charge is 2.30. The smallest absolute Gasteiger partial charge is 0.279 e. The quantitative estimate of drug-likeness (QED) is 0.562. The molecule has 1 fully saturated rings. The van der Waals surface area contributed by atoms with E-state index in [1.807, 2.05) is 0 Å². The van der Waals surface area contributed by atoms with E-state index in [4.69, 9.17) is 31.0 Å². The Kier molecular flexibility index (Phi) is 2.94. The molecule has 0 spiro atoms. The van der Waals surface area contributed by atoms with E-state index in [0.29, 0.717) is 16.8 Å². The summed E-state index contributed by atoms with van der Waals surface area (Å²) in [6.07, 6.45) is -11.1. The number of ether oxygens (including phenoxy) is 1. The number of alkyl halides is 2. The number of nitrogen functional groups attached to an aromatic ring is 1. The van der Waals surface area contributed by atoms with E-state index < -0.39 is 92.1 Å². The van der Waals surface area contributed by atoms with Crippen LogP contribution >= 0.6 is 0 Å². The molecule has 32 heavy (non-hydrogen) atoms. The van der Waals surface area contributed by atoms with Crippen LogP contribution in [0.2, 0.25) is 0 Å². The van der Waals surface area contributed by atoms with Crippen molar-refractivity contribution in [3.05, 3.63) is 59.3 Å². The minimum Gasteiger partial charge on any atom is -0.476 e. The van der Waals surface area contributed by atoms with E-state index in [0.717, 1.165) is 24.7 Å². The minimum atomic E-state index is -4.01. The lowest BCUT2D eigenvalue weighted by molar-refractivity contribution is 0.00988. The van der Waals surface area contributed by atoms with Crippen molar-refractivity contribution in [1.29, 1.82) is 0 Å². The van der Waals surface area contributed by atoms with Crippen LogP contribution in [0, 0.1) is 19.5 Å². The first-order valence-corrected chi connectivity index (χ1v) is 9.00. The number of pyridine rings is 1. The predicted octanol–water partition coefficient (Wildman–Crippen LogP) is 4.59. The molecule has 1 aromatic carbocycles. The first-order valence-electron chi connectivity index (χ1n) is 16.5. The third-order valence-electron chi connectivity index (χ3n) is 4.44. The van der Waals surface area contributed by atoms with Crippen molar-refractivity contribution < 1.29 is 38.5 Å². The fourth-order valence-corrected chi connectivity index (χ4v) is 2.89. The second-order valence-corrected chi connectivity index (χ2v) is 6.49. The van der Waals surface area contributed by atoms with Crippen molar-refractivity contribution in [2.45, 2.75) is 45.0 Å². The van der Waals surface area contributed by atoms with Gasteiger partial charge in [-0.2, -0.15) is 5.10 Å². The zero-order valence-electron chi connectivity index (χ0n) is 31.1. The number of rotatable bonds is 6. The number of hydrogen-bond donors (Lipinski definition) is 2. The Bertz CT molecular complexity index is 1650. The van der Waals surface area contributed by atoms with Gasteiger partial charge in [-0.3, -0.25) is 4.68 Å². The van der Waals surface area contributed by atoms with Crippen LogP contribution < -0.4 is 15.8 Å². The van der Waals surface area contributed by atoms with Crippen LogP contribution in [0.3, 0.4) is 0 Å². The van der Waals surface area contributed by atoms with Gasteiger partial charge in [0.1, 0.15) is 5.82 Å². The van der Waals surface area contributed by atoms with Crippen molar-refractivity contribution in [1.82, 2.24) is 20.1 Å². The summed E-state index contributed by atoms with van der Waals surface area (Å²) in [7, 11) is 0. The molecule has 0 amide bonds. The summed E-state index contributed by atoms with van der Waals surface area (Å²) >= 11 is 0. The standard InChI is InChI=1S/C23H26F3N5O/c1-13-3-4-18(24)14(2)20(13)21(22(25)26)32-19-9-15(10-29-23(19)27)16-11-30-31(12-16)17-5-7-28-8-6-17/h3-4,9-12,17,21-22,28H,5-8H2,1-2H3,(H2,27,29)/i1D3,2D3,5D2,6D2,7D2,8D2,21D. The molecule has 1 unspecified atom stereocenters. The van der Waals surface area contributed by atoms with E-state index in [2.05, 4.69) is 10.1 Å². The van der Waals surface area contributed by atoms with Gasteiger partial charge >= 0.3 is 0 Å². The van der Waals surface area contributed by atoms with Crippen molar-refractivity contribution in [3.63, 3.8) is 0 Å². The molecule has 0 saturated carbocycles. The fourth-order valence-electron chi connectivity index (χ4n) is 2.89. The zero-order valence-corrected chi connectivity index (χ0v) is 16.1. The third-order valence-corrected chi connectivity index (χ3v) is 4.44. The van der Waals surface area contributed by atoms with Gasteiger partial charge in [0.05, 0.1) is 13.6 Å². The molecule has 0 bridgehead atoms. The molecule has 0 radical (unpaired) electrons. The van der Waals surface area contributed by atoms with E-state index >= 15 is 0 Å². The highest BCUT2D eigenvalue weighted by Crippen LogP contribution is 2.36. The molecule has 1 atom stereocenters. The summed E-state index contributed by atoms with van der Waals surface area (Å²) in [5.41, 5.74) is 1.55. The molecule has 1 saturated heterocycles. The Balaban J connectivity index is 1.86. The number of aryl methyl sites for hydroxylation is 1. The van der Waals surface area contributed by atoms with E-state index in [-0.39, 0.29) is 11.1 Å². The lowest BCUT2D eigenvalue weighted by Crippen LogP contribution is -2.29. The lowest BCUT2D eigenvalue weighted by atomic mass is 9.97. The van der Waals surface area contributed by atoms with Crippen LogP contribution in [-0.2, 0) is 0 Å². The summed E-state index contributed by atoms with van der Waals surface area (Å²) in [6.45, 7) is -13.0. The Labute approximate surface area is 205 Å². The summed E-state index contributed by atoms with van der Waals surface area (Å²) in [5, 5.41) is 5.58.